The van der Waals surface area contributed by atoms with Gasteiger partial charge in [-0.1, -0.05) is 0 Å². The maximum Gasteiger partial charge on any atom is 0.431 e. The van der Waals surface area contributed by atoms with Crippen LogP contribution in [0.5, 0.6) is 0 Å². The Morgan fingerprint density at radius 3 is 2.53 bits per heavy atom. The number of fused-ring (bicyclic) bond motifs is 1. The molecule has 15 heavy (non-hydrogen) atoms. The number of alkyl halides is 3. The summed E-state index contributed by atoms with van der Waals surface area (Å²) in [7, 11) is 0. The molecule has 0 aromatic carbocycles. The zero-order valence-corrected chi connectivity index (χ0v) is 9.09. The maximum absolute atomic E-state index is 12.6. The van der Waals surface area contributed by atoms with Gasteiger partial charge in [-0.3, -0.25) is 4.40 Å². The summed E-state index contributed by atoms with van der Waals surface area (Å²) < 4.78 is 39.3. The van der Waals surface area contributed by atoms with Gasteiger partial charge < -0.3 is 0 Å². The molecule has 2 heterocycles. The number of hydrogen-bond acceptors (Lipinski definition) is 2. The number of pyridine rings is 1. The summed E-state index contributed by atoms with van der Waals surface area (Å²) in [5.74, 6) is 0.207. The van der Waals surface area contributed by atoms with E-state index in [0.29, 0.717) is 4.47 Å². The van der Waals surface area contributed by atoms with Crippen molar-refractivity contribution in [2.24, 2.45) is 0 Å². The fraction of sp³-hybridized carbons (Fsp3) is 0.250. The average Bonchev–Trinajstić information content (AvgIpc) is 2.48. The Morgan fingerprint density at radius 2 is 1.93 bits per heavy atom. The first kappa shape index (κ1) is 10.4. The second-order valence-electron chi connectivity index (χ2n) is 2.97. The van der Waals surface area contributed by atoms with Crippen LogP contribution in [0.1, 0.15) is 11.5 Å². The standard InChI is InChI=1S/C8H5BrF3N3/c1-4-13-14-7-5(9)2-3-6(15(4)7)8(10,11)12/h2-3H,1H3. The predicted molar refractivity (Wildman–Crippen MR) is 50.4 cm³/mol. The van der Waals surface area contributed by atoms with Gasteiger partial charge in [-0.15, -0.1) is 10.2 Å². The molecular formula is C8H5BrF3N3. The summed E-state index contributed by atoms with van der Waals surface area (Å²) in [6.07, 6.45) is -4.41. The van der Waals surface area contributed by atoms with E-state index in [4.69, 9.17) is 0 Å². The highest BCUT2D eigenvalue weighted by Gasteiger charge is 2.34. The predicted octanol–water partition coefficient (Wildman–Crippen LogP) is 2.82. The molecule has 3 nitrogen and oxygen atoms in total. The van der Waals surface area contributed by atoms with E-state index in [2.05, 4.69) is 26.1 Å². The number of aromatic nitrogens is 3. The van der Waals surface area contributed by atoms with Crippen LogP contribution in [0.15, 0.2) is 16.6 Å². The van der Waals surface area contributed by atoms with Crippen LogP contribution in [0.3, 0.4) is 0 Å². The fourth-order valence-electron chi connectivity index (χ4n) is 1.33. The zero-order valence-electron chi connectivity index (χ0n) is 7.51. The highest BCUT2D eigenvalue weighted by Crippen LogP contribution is 2.31. The average molecular weight is 280 g/mol. The van der Waals surface area contributed by atoms with Crippen molar-refractivity contribution in [3.8, 4) is 0 Å². The quantitative estimate of drug-likeness (QED) is 0.742. The first-order valence-corrected chi connectivity index (χ1v) is 4.78. The molecule has 2 aromatic heterocycles. The Morgan fingerprint density at radius 1 is 1.27 bits per heavy atom. The Hall–Kier alpha value is -1.11. The van der Waals surface area contributed by atoms with Crippen molar-refractivity contribution in [3.05, 3.63) is 28.1 Å². The van der Waals surface area contributed by atoms with E-state index >= 15 is 0 Å². The number of aryl methyl sites for hydroxylation is 1. The van der Waals surface area contributed by atoms with E-state index in [-0.39, 0.29) is 11.5 Å². The molecule has 2 aromatic rings. The van der Waals surface area contributed by atoms with Crippen LogP contribution < -0.4 is 0 Å². The van der Waals surface area contributed by atoms with Crippen LogP contribution in [-0.2, 0) is 6.18 Å². The lowest BCUT2D eigenvalue weighted by molar-refractivity contribution is -0.142. The normalized spacial score (nSPS) is 12.3. The van der Waals surface area contributed by atoms with Crippen LogP contribution in [0, 0.1) is 6.92 Å². The van der Waals surface area contributed by atoms with Gasteiger partial charge in [0.1, 0.15) is 11.5 Å². The lowest BCUT2D eigenvalue weighted by Crippen LogP contribution is -2.12. The SMILES string of the molecule is Cc1nnc2c(Br)ccc(C(F)(F)F)n12. The van der Waals surface area contributed by atoms with Crippen LogP contribution in [0.4, 0.5) is 13.2 Å². The smallest absolute Gasteiger partial charge is 0.274 e. The molecular weight excluding hydrogens is 275 g/mol. The number of hydrogen-bond donors (Lipinski definition) is 0. The molecule has 0 aliphatic heterocycles. The van der Waals surface area contributed by atoms with E-state index in [9.17, 15) is 13.2 Å². The number of nitrogens with zero attached hydrogens (tertiary/aromatic N) is 3. The minimum Gasteiger partial charge on any atom is -0.274 e. The largest absolute Gasteiger partial charge is 0.431 e. The third kappa shape index (κ3) is 1.60. The van der Waals surface area contributed by atoms with E-state index in [1.54, 1.807) is 0 Å². The molecule has 0 atom stereocenters. The summed E-state index contributed by atoms with van der Waals surface area (Å²) in [6, 6.07) is 2.31. The number of rotatable bonds is 0. The van der Waals surface area contributed by atoms with Gasteiger partial charge in [-0.25, -0.2) is 0 Å². The van der Waals surface area contributed by atoms with Crippen LogP contribution >= 0.6 is 15.9 Å². The Labute approximate surface area is 91.1 Å². The molecule has 7 heteroatoms. The minimum absolute atomic E-state index is 0.169. The summed E-state index contributed by atoms with van der Waals surface area (Å²) >= 11 is 3.12. The first-order chi connectivity index (χ1) is 6.91. The molecule has 0 fully saturated rings. The molecule has 0 amide bonds. The van der Waals surface area contributed by atoms with Crippen molar-refractivity contribution in [3.63, 3.8) is 0 Å². The molecule has 0 spiro atoms. The Kier molecular flexibility index (Phi) is 2.22. The Bertz CT molecular complexity index is 518. The first-order valence-electron chi connectivity index (χ1n) is 3.98. The van der Waals surface area contributed by atoms with Crippen molar-refractivity contribution in [1.29, 1.82) is 0 Å². The third-order valence-electron chi connectivity index (χ3n) is 1.96. The molecule has 0 aliphatic rings. The molecule has 80 valence electrons. The second kappa shape index (κ2) is 3.19. The number of halogens is 4. The van der Waals surface area contributed by atoms with E-state index in [1.165, 1.54) is 13.0 Å². The van der Waals surface area contributed by atoms with Crippen molar-refractivity contribution < 1.29 is 13.2 Å². The lowest BCUT2D eigenvalue weighted by atomic mass is 10.3. The second-order valence-corrected chi connectivity index (χ2v) is 3.82. The van der Waals surface area contributed by atoms with Gasteiger partial charge >= 0.3 is 6.18 Å². The van der Waals surface area contributed by atoms with Crippen molar-refractivity contribution in [2.75, 3.05) is 0 Å². The summed E-state index contributed by atoms with van der Waals surface area (Å²) in [5, 5.41) is 7.27. The van der Waals surface area contributed by atoms with Gasteiger partial charge in [-0.05, 0) is 35.0 Å². The Balaban J connectivity index is 2.87. The molecule has 0 bridgehead atoms. The van der Waals surface area contributed by atoms with Crippen molar-refractivity contribution in [1.82, 2.24) is 14.6 Å². The topological polar surface area (TPSA) is 30.2 Å². The minimum atomic E-state index is -4.41. The van der Waals surface area contributed by atoms with Crippen LogP contribution in [0.25, 0.3) is 5.65 Å². The van der Waals surface area contributed by atoms with Crippen molar-refractivity contribution >= 4 is 21.6 Å². The molecule has 0 aliphatic carbocycles. The zero-order chi connectivity index (χ0) is 11.2. The van der Waals surface area contributed by atoms with Gasteiger partial charge in [-0.2, -0.15) is 13.2 Å². The summed E-state index contributed by atoms with van der Waals surface area (Å²) in [6.45, 7) is 1.47. The molecule has 0 radical (unpaired) electrons. The molecule has 0 N–H and O–H groups in total. The highest BCUT2D eigenvalue weighted by molar-refractivity contribution is 9.10. The van der Waals surface area contributed by atoms with E-state index in [1.807, 2.05) is 0 Å². The van der Waals surface area contributed by atoms with Gasteiger partial charge in [0.05, 0.1) is 4.47 Å². The van der Waals surface area contributed by atoms with E-state index < -0.39 is 11.9 Å². The van der Waals surface area contributed by atoms with Crippen molar-refractivity contribution in [2.45, 2.75) is 13.1 Å². The van der Waals surface area contributed by atoms with Gasteiger partial charge in [0.15, 0.2) is 5.65 Å². The highest BCUT2D eigenvalue weighted by atomic mass is 79.9. The van der Waals surface area contributed by atoms with Crippen LogP contribution in [-0.4, -0.2) is 14.6 Å². The monoisotopic (exact) mass is 279 g/mol. The summed E-state index contributed by atoms with van der Waals surface area (Å²) in [4.78, 5) is 0. The molecule has 2 rings (SSSR count). The van der Waals surface area contributed by atoms with Crippen LogP contribution in [0.2, 0.25) is 0 Å². The maximum atomic E-state index is 12.6. The van der Waals surface area contributed by atoms with E-state index in [0.717, 1.165) is 10.5 Å². The third-order valence-corrected chi connectivity index (χ3v) is 2.58. The lowest BCUT2D eigenvalue weighted by Gasteiger charge is -2.10. The van der Waals surface area contributed by atoms with Gasteiger partial charge in [0.25, 0.3) is 0 Å². The summed E-state index contributed by atoms with van der Waals surface area (Å²) in [5.41, 5.74) is -0.606. The van der Waals surface area contributed by atoms with Gasteiger partial charge in [0, 0.05) is 0 Å². The molecule has 0 saturated carbocycles. The fourth-order valence-corrected chi connectivity index (χ4v) is 1.72. The molecule has 0 unspecified atom stereocenters. The van der Waals surface area contributed by atoms with Gasteiger partial charge in [0.2, 0.25) is 0 Å². The molecule has 0 saturated heterocycles.